The van der Waals surface area contributed by atoms with Gasteiger partial charge in [-0.05, 0) is 43.3 Å². The number of hydrogen-bond acceptors (Lipinski definition) is 4. The molecule has 0 fully saturated rings. The van der Waals surface area contributed by atoms with Crippen molar-refractivity contribution in [2.45, 2.75) is 6.42 Å². The van der Waals surface area contributed by atoms with Gasteiger partial charge in [0.2, 0.25) is 0 Å². The van der Waals surface area contributed by atoms with E-state index in [2.05, 4.69) is 17.2 Å². The summed E-state index contributed by atoms with van der Waals surface area (Å²) < 4.78 is 0. The summed E-state index contributed by atoms with van der Waals surface area (Å²) in [5.74, 6) is 0.00594. The first-order valence-electron chi connectivity index (χ1n) is 7.79. The van der Waals surface area contributed by atoms with Crippen molar-refractivity contribution in [2.24, 2.45) is 0 Å². The van der Waals surface area contributed by atoms with Crippen LogP contribution in [0.1, 0.15) is 33.5 Å². The van der Waals surface area contributed by atoms with E-state index in [9.17, 15) is 4.79 Å². The largest absolute Gasteiger partial charge is 0.398 e. The molecule has 4 nitrogen and oxygen atoms in total. The van der Waals surface area contributed by atoms with Gasteiger partial charge in [-0.3, -0.25) is 4.79 Å². The lowest BCUT2D eigenvalue weighted by Gasteiger charge is -2.25. The Kier molecular flexibility index (Phi) is 4.17. The first-order chi connectivity index (χ1) is 11.1. The first-order valence-corrected chi connectivity index (χ1v) is 7.79. The summed E-state index contributed by atoms with van der Waals surface area (Å²) in [6.07, 6.45) is 0.974. The number of anilines is 2. The maximum Gasteiger partial charge on any atom is 0.196 e. The molecule has 118 valence electrons. The van der Waals surface area contributed by atoms with Crippen LogP contribution in [0.4, 0.5) is 11.4 Å². The van der Waals surface area contributed by atoms with Crippen molar-refractivity contribution in [1.82, 2.24) is 5.32 Å². The molecular formula is C19H21N3O. The van der Waals surface area contributed by atoms with E-state index >= 15 is 0 Å². The number of carbonyl (C=O) groups excluding carboxylic acids is 1. The molecule has 4 N–H and O–H groups in total. The molecule has 0 saturated carbocycles. The summed E-state index contributed by atoms with van der Waals surface area (Å²) >= 11 is 0. The van der Waals surface area contributed by atoms with E-state index in [1.165, 1.54) is 0 Å². The van der Waals surface area contributed by atoms with Gasteiger partial charge in [0, 0.05) is 29.0 Å². The van der Waals surface area contributed by atoms with Crippen molar-refractivity contribution < 1.29 is 4.79 Å². The standard InChI is InChI=1S/C19H21N3O/c1-12-13-6-3-4-7-14(13)19(23)18-16(22-11-5-10-21-2)9-8-15(20)17(12)18/h3-4,6-9,21-22H,1,5,10-11,20H2,2H3. The van der Waals surface area contributed by atoms with Crippen LogP contribution in [0.3, 0.4) is 0 Å². The number of nitrogens with two attached hydrogens (primary N) is 1. The Labute approximate surface area is 136 Å². The number of hydrogen-bond donors (Lipinski definition) is 3. The molecule has 0 amide bonds. The van der Waals surface area contributed by atoms with Gasteiger partial charge in [0.1, 0.15) is 0 Å². The van der Waals surface area contributed by atoms with E-state index in [-0.39, 0.29) is 5.78 Å². The first kappa shape index (κ1) is 15.3. The molecule has 0 unspecified atom stereocenters. The quantitative estimate of drug-likeness (QED) is 0.501. The fraction of sp³-hybridized carbons (Fsp3) is 0.211. The van der Waals surface area contributed by atoms with Gasteiger partial charge < -0.3 is 16.4 Å². The SMILES string of the molecule is C=C1c2ccccc2C(=O)c2c(NCCCNC)ccc(N)c21. The fourth-order valence-corrected chi connectivity index (χ4v) is 3.03. The van der Waals surface area contributed by atoms with Gasteiger partial charge in [-0.25, -0.2) is 0 Å². The second kappa shape index (κ2) is 6.26. The molecule has 0 heterocycles. The molecule has 0 saturated heterocycles. The maximum absolute atomic E-state index is 13.0. The van der Waals surface area contributed by atoms with Gasteiger partial charge in [0.15, 0.2) is 5.78 Å². The van der Waals surface area contributed by atoms with Crippen molar-refractivity contribution in [2.75, 3.05) is 31.2 Å². The summed E-state index contributed by atoms with van der Waals surface area (Å²) in [6.45, 7) is 5.89. The van der Waals surface area contributed by atoms with Gasteiger partial charge >= 0.3 is 0 Å². The van der Waals surface area contributed by atoms with Crippen LogP contribution >= 0.6 is 0 Å². The normalized spacial score (nSPS) is 12.7. The predicted octanol–water partition coefficient (Wildman–Crippen LogP) is 2.90. The molecule has 23 heavy (non-hydrogen) atoms. The van der Waals surface area contributed by atoms with Gasteiger partial charge in [0.25, 0.3) is 0 Å². The third kappa shape index (κ3) is 2.62. The Morgan fingerprint density at radius 1 is 1.04 bits per heavy atom. The molecule has 2 aromatic rings. The van der Waals surface area contributed by atoms with Gasteiger partial charge in [0.05, 0.1) is 5.56 Å². The van der Waals surface area contributed by atoms with Crippen molar-refractivity contribution >= 4 is 22.7 Å². The Bertz CT molecular complexity index is 780. The number of fused-ring (bicyclic) bond motifs is 2. The number of carbonyl (C=O) groups is 1. The molecule has 0 aliphatic heterocycles. The molecule has 3 rings (SSSR count). The second-order valence-electron chi connectivity index (χ2n) is 5.69. The lowest BCUT2D eigenvalue weighted by molar-refractivity contribution is 0.103. The molecule has 1 aliphatic rings. The van der Waals surface area contributed by atoms with Crippen LogP contribution in [-0.4, -0.2) is 25.9 Å². The minimum absolute atomic E-state index is 0.00594. The summed E-state index contributed by atoms with van der Waals surface area (Å²) in [7, 11) is 1.93. The number of nitrogen functional groups attached to an aromatic ring is 1. The Morgan fingerprint density at radius 2 is 1.78 bits per heavy atom. The molecule has 4 heteroatoms. The van der Waals surface area contributed by atoms with Crippen LogP contribution in [0.2, 0.25) is 0 Å². The topological polar surface area (TPSA) is 67.2 Å². The van der Waals surface area contributed by atoms with Gasteiger partial charge in [-0.15, -0.1) is 0 Å². The van der Waals surface area contributed by atoms with Crippen molar-refractivity contribution in [3.05, 3.63) is 65.2 Å². The van der Waals surface area contributed by atoms with E-state index in [1.807, 2.05) is 43.4 Å². The van der Waals surface area contributed by atoms with Crippen LogP contribution in [0.25, 0.3) is 5.57 Å². The molecule has 0 bridgehead atoms. The highest BCUT2D eigenvalue weighted by Crippen LogP contribution is 2.41. The fourth-order valence-electron chi connectivity index (χ4n) is 3.03. The smallest absolute Gasteiger partial charge is 0.196 e. The lowest BCUT2D eigenvalue weighted by atomic mass is 9.80. The van der Waals surface area contributed by atoms with E-state index in [0.717, 1.165) is 41.9 Å². The minimum atomic E-state index is 0.00594. The van der Waals surface area contributed by atoms with E-state index in [1.54, 1.807) is 0 Å². The zero-order valence-electron chi connectivity index (χ0n) is 13.3. The molecule has 0 spiro atoms. The molecule has 0 aromatic heterocycles. The van der Waals surface area contributed by atoms with E-state index in [0.29, 0.717) is 16.8 Å². The van der Waals surface area contributed by atoms with E-state index < -0.39 is 0 Å². The van der Waals surface area contributed by atoms with Crippen LogP contribution in [0.15, 0.2) is 43.0 Å². The number of benzene rings is 2. The summed E-state index contributed by atoms with van der Waals surface area (Å²) in [5.41, 5.74) is 11.3. The average Bonchev–Trinajstić information content (AvgIpc) is 2.57. The van der Waals surface area contributed by atoms with Crippen LogP contribution in [0, 0.1) is 0 Å². The third-order valence-electron chi connectivity index (χ3n) is 4.18. The Morgan fingerprint density at radius 3 is 2.52 bits per heavy atom. The predicted molar refractivity (Wildman–Crippen MR) is 95.9 cm³/mol. The summed E-state index contributed by atoms with van der Waals surface area (Å²) in [5, 5.41) is 6.47. The van der Waals surface area contributed by atoms with Crippen molar-refractivity contribution in [3.63, 3.8) is 0 Å². The highest BCUT2D eigenvalue weighted by atomic mass is 16.1. The molecule has 2 aromatic carbocycles. The zero-order chi connectivity index (χ0) is 16.4. The number of rotatable bonds is 5. The molecule has 1 aliphatic carbocycles. The van der Waals surface area contributed by atoms with Gasteiger partial charge in [-0.1, -0.05) is 30.8 Å². The molecular weight excluding hydrogens is 286 g/mol. The van der Waals surface area contributed by atoms with Crippen molar-refractivity contribution in [1.29, 1.82) is 0 Å². The van der Waals surface area contributed by atoms with Crippen LogP contribution < -0.4 is 16.4 Å². The summed E-state index contributed by atoms with van der Waals surface area (Å²) in [4.78, 5) is 13.0. The Balaban J connectivity index is 2.04. The third-order valence-corrected chi connectivity index (χ3v) is 4.18. The lowest BCUT2D eigenvalue weighted by Crippen LogP contribution is -2.19. The second-order valence-corrected chi connectivity index (χ2v) is 5.69. The molecule has 0 atom stereocenters. The monoisotopic (exact) mass is 307 g/mol. The minimum Gasteiger partial charge on any atom is -0.398 e. The van der Waals surface area contributed by atoms with Crippen LogP contribution in [-0.2, 0) is 0 Å². The summed E-state index contributed by atoms with van der Waals surface area (Å²) in [6, 6.07) is 11.3. The average molecular weight is 307 g/mol. The highest BCUT2D eigenvalue weighted by Gasteiger charge is 2.29. The maximum atomic E-state index is 13.0. The van der Waals surface area contributed by atoms with Crippen molar-refractivity contribution in [3.8, 4) is 0 Å². The van der Waals surface area contributed by atoms with Gasteiger partial charge in [-0.2, -0.15) is 0 Å². The zero-order valence-corrected chi connectivity index (χ0v) is 13.3. The number of ketones is 1. The van der Waals surface area contributed by atoms with E-state index in [4.69, 9.17) is 5.73 Å². The Hall–Kier alpha value is -2.59. The highest BCUT2D eigenvalue weighted by molar-refractivity contribution is 6.22. The molecule has 0 radical (unpaired) electrons. The van der Waals surface area contributed by atoms with Crippen LogP contribution in [0.5, 0.6) is 0 Å². The number of nitrogens with one attached hydrogen (secondary N) is 2.